The van der Waals surface area contributed by atoms with Crippen molar-refractivity contribution < 1.29 is 18.5 Å². The van der Waals surface area contributed by atoms with Crippen LogP contribution < -0.4 is 0 Å². The minimum Gasteiger partial charge on any atom is -0.356 e. The molecule has 2 aliphatic rings. The quantitative estimate of drug-likeness (QED) is 0.615. The van der Waals surface area contributed by atoms with Crippen LogP contribution >= 0.6 is 0 Å². The molecule has 3 heterocycles. The molecule has 154 valence electrons. The van der Waals surface area contributed by atoms with E-state index in [1.807, 2.05) is 0 Å². The Morgan fingerprint density at radius 2 is 1.77 bits per heavy atom. The first-order chi connectivity index (χ1) is 14.5. The third-order valence-corrected chi connectivity index (χ3v) is 6.33. The van der Waals surface area contributed by atoms with Gasteiger partial charge in [-0.2, -0.15) is 0 Å². The summed E-state index contributed by atoms with van der Waals surface area (Å²) >= 11 is 0. The van der Waals surface area contributed by atoms with Crippen molar-refractivity contribution >= 4 is 22.8 Å². The maximum atomic E-state index is 13.4. The van der Waals surface area contributed by atoms with Gasteiger partial charge < -0.3 is 4.52 Å². The van der Waals surface area contributed by atoms with E-state index >= 15 is 0 Å². The normalized spacial score (nSPS) is 18.9. The topological polar surface area (TPSA) is 66.7 Å². The smallest absolute Gasteiger partial charge is 0.261 e. The first-order valence-electron chi connectivity index (χ1n) is 10.3. The monoisotopic (exact) mass is 407 g/mol. The second kappa shape index (κ2) is 7.32. The third-order valence-electron chi connectivity index (χ3n) is 6.33. The Hall–Kier alpha value is -3.06. The molecular formula is C23H22FN3O3. The SMILES string of the molecule is CC(CN1C(=O)c2ccccc2C1=O)N1CCC(c2noc3cc(F)ccc23)CC1. The van der Waals surface area contributed by atoms with Crippen LogP contribution in [-0.2, 0) is 0 Å². The number of nitrogens with zero attached hydrogens (tertiary/aromatic N) is 3. The van der Waals surface area contributed by atoms with Crippen LogP contribution in [0.15, 0.2) is 47.0 Å². The van der Waals surface area contributed by atoms with Crippen LogP contribution in [0, 0.1) is 5.82 Å². The van der Waals surface area contributed by atoms with E-state index in [1.54, 1.807) is 30.3 Å². The number of imide groups is 1. The molecule has 0 N–H and O–H groups in total. The predicted molar refractivity (Wildman–Crippen MR) is 109 cm³/mol. The molecule has 0 aliphatic carbocycles. The number of piperidine rings is 1. The Morgan fingerprint density at radius 3 is 2.43 bits per heavy atom. The zero-order chi connectivity index (χ0) is 20.8. The molecule has 1 aromatic heterocycles. The molecule has 30 heavy (non-hydrogen) atoms. The summed E-state index contributed by atoms with van der Waals surface area (Å²) in [5.74, 6) is -0.501. The Kier molecular flexibility index (Phi) is 4.62. The van der Waals surface area contributed by atoms with Crippen molar-refractivity contribution in [2.24, 2.45) is 0 Å². The number of hydrogen-bond donors (Lipinski definition) is 0. The third kappa shape index (κ3) is 3.10. The van der Waals surface area contributed by atoms with Crippen LogP contribution in [0.2, 0.25) is 0 Å². The number of rotatable bonds is 4. The lowest BCUT2D eigenvalue weighted by Gasteiger charge is -2.36. The molecule has 1 saturated heterocycles. The fraction of sp³-hybridized carbons (Fsp3) is 0.348. The number of aromatic nitrogens is 1. The molecule has 1 unspecified atom stereocenters. The number of benzene rings is 2. The maximum Gasteiger partial charge on any atom is 0.261 e. The van der Waals surface area contributed by atoms with Gasteiger partial charge >= 0.3 is 0 Å². The highest BCUT2D eigenvalue weighted by Crippen LogP contribution is 2.33. The lowest BCUT2D eigenvalue weighted by atomic mass is 9.91. The molecule has 1 atom stereocenters. The van der Waals surface area contributed by atoms with Gasteiger partial charge in [-0.25, -0.2) is 4.39 Å². The number of carbonyl (C=O) groups excluding carboxylic acids is 2. The second-order valence-electron chi connectivity index (χ2n) is 8.13. The van der Waals surface area contributed by atoms with Crippen LogP contribution in [-0.4, -0.2) is 52.4 Å². The minimum absolute atomic E-state index is 0.0660. The van der Waals surface area contributed by atoms with Crippen molar-refractivity contribution in [3.8, 4) is 0 Å². The lowest BCUT2D eigenvalue weighted by molar-refractivity contribution is 0.0579. The fourth-order valence-corrected chi connectivity index (χ4v) is 4.62. The van der Waals surface area contributed by atoms with E-state index < -0.39 is 0 Å². The first kappa shape index (κ1) is 18.9. The van der Waals surface area contributed by atoms with Crippen molar-refractivity contribution in [3.63, 3.8) is 0 Å². The summed E-state index contributed by atoms with van der Waals surface area (Å²) in [5, 5.41) is 5.07. The van der Waals surface area contributed by atoms with E-state index in [1.165, 1.54) is 17.0 Å². The van der Waals surface area contributed by atoms with Crippen molar-refractivity contribution in [1.82, 2.24) is 15.0 Å². The summed E-state index contributed by atoms with van der Waals surface area (Å²) in [7, 11) is 0. The summed E-state index contributed by atoms with van der Waals surface area (Å²) in [6.45, 7) is 4.11. The molecule has 5 rings (SSSR count). The van der Waals surface area contributed by atoms with Gasteiger partial charge in [-0.1, -0.05) is 17.3 Å². The second-order valence-corrected chi connectivity index (χ2v) is 8.13. The van der Waals surface area contributed by atoms with E-state index in [2.05, 4.69) is 17.0 Å². The zero-order valence-electron chi connectivity index (χ0n) is 16.7. The molecule has 2 amide bonds. The molecular weight excluding hydrogens is 385 g/mol. The van der Waals surface area contributed by atoms with Gasteiger partial charge in [-0.05, 0) is 57.1 Å². The van der Waals surface area contributed by atoms with Crippen LogP contribution in [0.25, 0.3) is 11.0 Å². The van der Waals surface area contributed by atoms with Gasteiger partial charge in [-0.3, -0.25) is 19.4 Å². The van der Waals surface area contributed by atoms with E-state index in [4.69, 9.17) is 4.52 Å². The highest BCUT2D eigenvalue weighted by Gasteiger charge is 2.37. The number of likely N-dealkylation sites (tertiary alicyclic amines) is 1. The van der Waals surface area contributed by atoms with Crippen LogP contribution in [0.1, 0.15) is 52.1 Å². The zero-order valence-corrected chi connectivity index (χ0v) is 16.7. The molecule has 7 heteroatoms. The van der Waals surface area contributed by atoms with Crippen molar-refractivity contribution in [2.45, 2.75) is 31.7 Å². The molecule has 2 aliphatic heterocycles. The lowest BCUT2D eigenvalue weighted by Crippen LogP contribution is -2.47. The molecule has 0 radical (unpaired) electrons. The van der Waals surface area contributed by atoms with Crippen LogP contribution in [0.3, 0.4) is 0 Å². The highest BCUT2D eigenvalue weighted by atomic mass is 19.1. The van der Waals surface area contributed by atoms with E-state index in [0.717, 1.165) is 37.0 Å². The van der Waals surface area contributed by atoms with Gasteiger partial charge in [0.05, 0.1) is 16.8 Å². The highest BCUT2D eigenvalue weighted by molar-refractivity contribution is 6.21. The van der Waals surface area contributed by atoms with E-state index in [9.17, 15) is 14.0 Å². The predicted octanol–water partition coefficient (Wildman–Crippen LogP) is 3.83. The first-order valence-corrected chi connectivity index (χ1v) is 10.3. The number of carbonyl (C=O) groups is 2. The molecule has 3 aromatic rings. The van der Waals surface area contributed by atoms with Gasteiger partial charge in [0.1, 0.15) is 5.82 Å². The molecule has 0 bridgehead atoms. The largest absolute Gasteiger partial charge is 0.356 e. The fourth-order valence-electron chi connectivity index (χ4n) is 4.62. The summed E-state index contributed by atoms with van der Waals surface area (Å²) in [6, 6.07) is 11.6. The molecule has 0 saturated carbocycles. The average molecular weight is 407 g/mol. The molecule has 1 fully saturated rings. The van der Waals surface area contributed by atoms with Gasteiger partial charge in [0.2, 0.25) is 0 Å². The molecule has 0 spiro atoms. The summed E-state index contributed by atoms with van der Waals surface area (Å²) in [6.07, 6.45) is 1.79. The van der Waals surface area contributed by atoms with Crippen molar-refractivity contribution in [3.05, 3.63) is 65.1 Å². The van der Waals surface area contributed by atoms with Crippen LogP contribution in [0.4, 0.5) is 4.39 Å². The summed E-state index contributed by atoms with van der Waals surface area (Å²) in [4.78, 5) is 28.9. The number of amides is 2. The van der Waals surface area contributed by atoms with E-state index in [0.29, 0.717) is 23.3 Å². The Morgan fingerprint density at radius 1 is 1.10 bits per heavy atom. The summed E-state index contributed by atoms with van der Waals surface area (Å²) in [5.41, 5.74) is 2.34. The Balaban J connectivity index is 1.24. The van der Waals surface area contributed by atoms with Crippen molar-refractivity contribution in [2.75, 3.05) is 19.6 Å². The molecule has 6 nitrogen and oxygen atoms in total. The van der Waals surface area contributed by atoms with Gasteiger partial charge in [0, 0.05) is 30.0 Å². The maximum absolute atomic E-state index is 13.4. The summed E-state index contributed by atoms with van der Waals surface area (Å²) < 4.78 is 18.7. The average Bonchev–Trinajstić information content (AvgIpc) is 3.28. The number of hydrogen-bond acceptors (Lipinski definition) is 5. The number of fused-ring (bicyclic) bond motifs is 2. The number of halogens is 1. The van der Waals surface area contributed by atoms with Gasteiger partial charge in [0.25, 0.3) is 11.8 Å². The van der Waals surface area contributed by atoms with Crippen molar-refractivity contribution in [1.29, 1.82) is 0 Å². The Labute approximate surface area is 173 Å². The molecule has 2 aromatic carbocycles. The standard InChI is InChI=1S/C23H22FN3O3/c1-14(13-27-22(28)17-4-2-3-5-18(17)23(27)29)26-10-8-15(9-11-26)21-19-7-6-16(24)12-20(19)30-25-21/h2-7,12,14-15H,8-11,13H2,1H3. The Bertz CT molecular complexity index is 1100. The van der Waals surface area contributed by atoms with Gasteiger partial charge in [0.15, 0.2) is 5.58 Å². The van der Waals surface area contributed by atoms with E-state index in [-0.39, 0.29) is 29.6 Å². The van der Waals surface area contributed by atoms with Crippen LogP contribution in [0.5, 0.6) is 0 Å². The van der Waals surface area contributed by atoms with Gasteiger partial charge in [-0.15, -0.1) is 0 Å². The minimum atomic E-state index is -0.331.